The van der Waals surface area contributed by atoms with Gasteiger partial charge in [0.15, 0.2) is 0 Å². The maximum absolute atomic E-state index is 12.7. The third-order valence-corrected chi connectivity index (χ3v) is 3.24. The van der Waals surface area contributed by atoms with Crippen LogP contribution in [0.2, 0.25) is 0 Å². The zero-order valence-corrected chi connectivity index (χ0v) is 9.66. The predicted molar refractivity (Wildman–Crippen MR) is 64.1 cm³/mol. The second-order valence-electron chi connectivity index (χ2n) is 4.54. The summed E-state index contributed by atoms with van der Waals surface area (Å²) in [6.07, 6.45) is 4.11. The highest BCUT2D eigenvalue weighted by Crippen LogP contribution is 2.17. The molecule has 1 aromatic carbocycles. The molecule has 3 N–H and O–H groups in total. The van der Waals surface area contributed by atoms with Gasteiger partial charge in [-0.2, -0.15) is 0 Å². The first-order valence-corrected chi connectivity index (χ1v) is 5.99. The van der Waals surface area contributed by atoms with Gasteiger partial charge in [0.05, 0.1) is 0 Å². The minimum Gasteiger partial charge on any atom is -0.348 e. The fraction of sp³-hybridized carbons (Fsp3) is 0.462. The number of halogens is 1. The van der Waals surface area contributed by atoms with Crippen LogP contribution in [0.25, 0.3) is 0 Å². The monoisotopic (exact) mass is 236 g/mol. The van der Waals surface area contributed by atoms with Crippen LogP contribution < -0.4 is 11.1 Å². The standard InChI is InChI=1S/C13H17FN2O/c14-10-7-5-9(6-8-10)13(17)16-12-4-2-1-3-11(12)15/h5-8,11-12H,1-4,15H2,(H,16,17)/t11-,12+/m0/s1. The lowest BCUT2D eigenvalue weighted by Gasteiger charge is -2.29. The molecule has 92 valence electrons. The van der Waals surface area contributed by atoms with Crippen molar-refractivity contribution in [3.8, 4) is 0 Å². The fourth-order valence-electron chi connectivity index (χ4n) is 2.19. The molecule has 0 aromatic heterocycles. The Labute approximate surface area is 100 Å². The smallest absolute Gasteiger partial charge is 0.251 e. The summed E-state index contributed by atoms with van der Waals surface area (Å²) < 4.78 is 12.7. The molecule has 1 aromatic rings. The molecule has 1 fully saturated rings. The van der Waals surface area contributed by atoms with Gasteiger partial charge in [-0.25, -0.2) is 4.39 Å². The van der Waals surface area contributed by atoms with Crippen LogP contribution in [0.5, 0.6) is 0 Å². The number of nitrogens with two attached hydrogens (primary N) is 1. The molecule has 3 nitrogen and oxygen atoms in total. The van der Waals surface area contributed by atoms with Crippen molar-refractivity contribution < 1.29 is 9.18 Å². The SMILES string of the molecule is N[C@H]1CCCC[C@H]1NC(=O)c1ccc(F)cc1. The summed E-state index contributed by atoms with van der Waals surface area (Å²) in [5.74, 6) is -0.511. The van der Waals surface area contributed by atoms with E-state index < -0.39 is 0 Å². The Morgan fingerprint density at radius 2 is 1.88 bits per heavy atom. The van der Waals surface area contributed by atoms with E-state index in [0.717, 1.165) is 25.7 Å². The van der Waals surface area contributed by atoms with Crippen LogP contribution in [-0.4, -0.2) is 18.0 Å². The normalized spacial score (nSPS) is 24.4. The minimum atomic E-state index is -0.337. The molecule has 2 rings (SSSR count). The number of carbonyl (C=O) groups excluding carboxylic acids is 1. The maximum Gasteiger partial charge on any atom is 0.251 e. The lowest BCUT2D eigenvalue weighted by Crippen LogP contribution is -2.49. The van der Waals surface area contributed by atoms with Gasteiger partial charge in [0, 0.05) is 17.6 Å². The Bertz CT molecular complexity index is 391. The van der Waals surface area contributed by atoms with Gasteiger partial charge in [-0.15, -0.1) is 0 Å². The zero-order valence-electron chi connectivity index (χ0n) is 9.66. The van der Waals surface area contributed by atoms with E-state index in [1.807, 2.05) is 0 Å². The van der Waals surface area contributed by atoms with Gasteiger partial charge in [0.1, 0.15) is 5.82 Å². The number of benzene rings is 1. The van der Waals surface area contributed by atoms with Gasteiger partial charge >= 0.3 is 0 Å². The summed E-state index contributed by atoms with van der Waals surface area (Å²) in [6.45, 7) is 0. The Hall–Kier alpha value is -1.42. The van der Waals surface area contributed by atoms with E-state index in [0.29, 0.717) is 5.56 Å². The van der Waals surface area contributed by atoms with E-state index in [-0.39, 0.29) is 23.8 Å². The molecule has 0 aliphatic heterocycles. The third kappa shape index (κ3) is 3.03. The van der Waals surface area contributed by atoms with Crippen LogP contribution in [0.1, 0.15) is 36.0 Å². The summed E-state index contributed by atoms with van der Waals surface area (Å²) in [6, 6.07) is 5.62. The van der Waals surface area contributed by atoms with Gasteiger partial charge in [-0.1, -0.05) is 12.8 Å². The predicted octanol–water partition coefficient (Wildman–Crippen LogP) is 1.83. The Kier molecular flexibility index (Phi) is 3.74. The minimum absolute atomic E-state index is 0.0353. The Morgan fingerprint density at radius 1 is 1.24 bits per heavy atom. The first kappa shape index (κ1) is 12.0. The van der Waals surface area contributed by atoms with Crippen molar-refractivity contribution in [1.82, 2.24) is 5.32 Å². The number of hydrogen-bond acceptors (Lipinski definition) is 2. The van der Waals surface area contributed by atoms with Crippen molar-refractivity contribution in [3.63, 3.8) is 0 Å². The highest BCUT2D eigenvalue weighted by Gasteiger charge is 2.23. The summed E-state index contributed by atoms with van der Waals surface area (Å²) >= 11 is 0. The molecule has 1 aliphatic carbocycles. The second-order valence-corrected chi connectivity index (χ2v) is 4.54. The van der Waals surface area contributed by atoms with Crippen LogP contribution in [0, 0.1) is 5.82 Å². The van der Waals surface area contributed by atoms with Gasteiger partial charge in [0.2, 0.25) is 0 Å². The zero-order chi connectivity index (χ0) is 12.3. The highest BCUT2D eigenvalue weighted by atomic mass is 19.1. The molecular formula is C13H17FN2O. The van der Waals surface area contributed by atoms with E-state index in [1.54, 1.807) is 0 Å². The van der Waals surface area contributed by atoms with E-state index in [1.165, 1.54) is 24.3 Å². The lowest BCUT2D eigenvalue weighted by molar-refractivity contribution is 0.0921. The molecule has 2 atom stereocenters. The van der Waals surface area contributed by atoms with E-state index in [9.17, 15) is 9.18 Å². The van der Waals surface area contributed by atoms with E-state index in [4.69, 9.17) is 5.73 Å². The van der Waals surface area contributed by atoms with Crippen molar-refractivity contribution in [2.24, 2.45) is 5.73 Å². The first-order chi connectivity index (χ1) is 8.16. The molecule has 0 saturated heterocycles. The van der Waals surface area contributed by atoms with Crippen LogP contribution in [0.4, 0.5) is 4.39 Å². The van der Waals surface area contributed by atoms with Crippen molar-refractivity contribution in [1.29, 1.82) is 0 Å². The molecule has 17 heavy (non-hydrogen) atoms. The van der Waals surface area contributed by atoms with Crippen LogP contribution in [-0.2, 0) is 0 Å². The second kappa shape index (κ2) is 5.27. The molecule has 1 amide bonds. The van der Waals surface area contributed by atoms with E-state index >= 15 is 0 Å². The lowest BCUT2D eigenvalue weighted by atomic mass is 9.91. The topological polar surface area (TPSA) is 55.1 Å². The maximum atomic E-state index is 12.7. The number of hydrogen-bond donors (Lipinski definition) is 2. The summed E-state index contributed by atoms with van der Waals surface area (Å²) in [7, 11) is 0. The Balaban J connectivity index is 1.98. The molecule has 4 heteroatoms. The van der Waals surface area contributed by atoms with Gasteiger partial charge < -0.3 is 11.1 Å². The third-order valence-electron chi connectivity index (χ3n) is 3.24. The number of carbonyl (C=O) groups is 1. The number of rotatable bonds is 2. The molecule has 0 heterocycles. The van der Waals surface area contributed by atoms with Crippen LogP contribution in [0.3, 0.4) is 0 Å². The van der Waals surface area contributed by atoms with Gasteiger partial charge in [0.25, 0.3) is 5.91 Å². The molecule has 1 aliphatic rings. The van der Waals surface area contributed by atoms with Crippen LogP contribution in [0.15, 0.2) is 24.3 Å². The average molecular weight is 236 g/mol. The number of amides is 1. The van der Waals surface area contributed by atoms with Gasteiger partial charge in [-0.05, 0) is 37.1 Å². The molecule has 0 unspecified atom stereocenters. The van der Waals surface area contributed by atoms with Crippen molar-refractivity contribution in [3.05, 3.63) is 35.6 Å². The largest absolute Gasteiger partial charge is 0.348 e. The van der Waals surface area contributed by atoms with Crippen molar-refractivity contribution >= 4 is 5.91 Å². The summed E-state index contributed by atoms with van der Waals surface area (Å²) in [4.78, 5) is 11.9. The van der Waals surface area contributed by atoms with Gasteiger partial charge in [-0.3, -0.25) is 4.79 Å². The molecular weight excluding hydrogens is 219 g/mol. The Morgan fingerprint density at radius 3 is 2.53 bits per heavy atom. The number of nitrogens with one attached hydrogen (secondary N) is 1. The van der Waals surface area contributed by atoms with Crippen LogP contribution >= 0.6 is 0 Å². The molecule has 0 radical (unpaired) electrons. The molecule has 1 saturated carbocycles. The fourth-order valence-corrected chi connectivity index (χ4v) is 2.19. The summed E-state index contributed by atoms with van der Waals surface area (Å²) in [5.41, 5.74) is 6.43. The quantitative estimate of drug-likeness (QED) is 0.823. The highest BCUT2D eigenvalue weighted by molar-refractivity contribution is 5.94. The summed E-state index contributed by atoms with van der Waals surface area (Å²) in [5, 5.41) is 2.92. The van der Waals surface area contributed by atoms with E-state index in [2.05, 4.69) is 5.32 Å². The molecule has 0 bridgehead atoms. The van der Waals surface area contributed by atoms with Crippen molar-refractivity contribution in [2.45, 2.75) is 37.8 Å². The first-order valence-electron chi connectivity index (χ1n) is 5.99. The molecule has 0 spiro atoms. The van der Waals surface area contributed by atoms with Crippen molar-refractivity contribution in [2.75, 3.05) is 0 Å². The average Bonchev–Trinajstić information content (AvgIpc) is 2.33.